The molecule has 0 unspecified atom stereocenters. The molecule has 32 heavy (non-hydrogen) atoms. The molecule has 1 fully saturated rings. The molecule has 0 bridgehead atoms. The van der Waals surface area contributed by atoms with Gasteiger partial charge in [-0.15, -0.1) is 10.2 Å². The van der Waals surface area contributed by atoms with E-state index in [9.17, 15) is 4.79 Å². The topological polar surface area (TPSA) is 71.3 Å². The Morgan fingerprint density at radius 1 is 1.06 bits per heavy atom. The number of carbonyl (C=O) groups is 1. The molecule has 8 heteroatoms. The van der Waals surface area contributed by atoms with Gasteiger partial charge in [0.2, 0.25) is 11.8 Å². The minimum atomic E-state index is -0.150. The van der Waals surface area contributed by atoms with Crippen molar-refractivity contribution < 1.29 is 9.21 Å². The molecule has 0 aliphatic carbocycles. The molecule has 1 N–H and O–H groups in total. The third-order valence-corrected chi connectivity index (χ3v) is 6.49. The molecule has 5 rings (SSSR count). The average molecular weight is 465 g/mol. The number of hydrogen-bond acceptors (Lipinski definition) is 6. The molecule has 1 aliphatic rings. The highest BCUT2D eigenvalue weighted by atomic mass is 35.5. The molecule has 162 valence electrons. The Kier molecular flexibility index (Phi) is 6.01. The molecule has 1 aromatic heterocycles. The van der Waals surface area contributed by atoms with E-state index in [1.807, 2.05) is 54.6 Å². The molecule has 0 spiro atoms. The maximum Gasteiger partial charge on any atom is 0.277 e. The first-order valence-electron chi connectivity index (χ1n) is 10.5. The summed E-state index contributed by atoms with van der Waals surface area (Å²) in [5, 5.41) is 14.4. The minimum Gasteiger partial charge on any atom is -0.411 e. The number of fused-ring (bicyclic) bond motifs is 1. The van der Waals surface area contributed by atoms with E-state index >= 15 is 0 Å². The Balaban J connectivity index is 1.27. The highest BCUT2D eigenvalue weighted by Crippen LogP contribution is 2.32. The number of nitrogens with zero attached hydrogens (tertiary/aromatic N) is 3. The summed E-state index contributed by atoms with van der Waals surface area (Å²) in [4.78, 5) is 14.9. The fourth-order valence-corrected chi connectivity index (χ4v) is 4.68. The number of nitrogens with one attached hydrogen (secondary N) is 1. The van der Waals surface area contributed by atoms with Crippen LogP contribution >= 0.6 is 23.4 Å². The third-order valence-electron chi connectivity index (χ3n) is 5.43. The van der Waals surface area contributed by atoms with Crippen LogP contribution in [-0.2, 0) is 4.79 Å². The number of halogens is 1. The zero-order valence-electron chi connectivity index (χ0n) is 17.3. The van der Waals surface area contributed by atoms with Gasteiger partial charge in [0, 0.05) is 23.7 Å². The Morgan fingerprint density at radius 3 is 2.75 bits per heavy atom. The summed E-state index contributed by atoms with van der Waals surface area (Å²) in [6.07, 6.45) is 2.31. The number of rotatable bonds is 6. The van der Waals surface area contributed by atoms with Crippen LogP contribution in [0.5, 0.6) is 0 Å². The summed E-state index contributed by atoms with van der Waals surface area (Å²) >= 11 is 7.39. The van der Waals surface area contributed by atoms with Crippen molar-refractivity contribution in [3.63, 3.8) is 0 Å². The van der Waals surface area contributed by atoms with Crippen LogP contribution in [0.1, 0.15) is 12.8 Å². The van der Waals surface area contributed by atoms with Gasteiger partial charge >= 0.3 is 0 Å². The van der Waals surface area contributed by atoms with Gasteiger partial charge in [-0.05, 0) is 47.9 Å². The third kappa shape index (κ3) is 4.45. The van der Waals surface area contributed by atoms with Gasteiger partial charge in [-0.3, -0.25) is 4.79 Å². The second-order valence-corrected chi connectivity index (χ2v) is 8.96. The number of amides is 1. The maximum absolute atomic E-state index is 12.6. The second kappa shape index (κ2) is 9.22. The molecule has 0 radical (unpaired) electrons. The summed E-state index contributed by atoms with van der Waals surface area (Å²) in [5.41, 5.74) is 2.61. The Bertz CT molecular complexity index is 1260. The molecular weight excluding hydrogens is 444 g/mol. The lowest BCUT2D eigenvalue weighted by molar-refractivity contribution is -0.113. The highest BCUT2D eigenvalue weighted by molar-refractivity contribution is 7.99. The van der Waals surface area contributed by atoms with Crippen LogP contribution in [0.2, 0.25) is 5.02 Å². The van der Waals surface area contributed by atoms with E-state index in [-0.39, 0.29) is 11.7 Å². The van der Waals surface area contributed by atoms with Gasteiger partial charge in [-0.2, -0.15) is 0 Å². The standard InChI is InChI=1S/C24H21ClN4O2S/c25-17-10-11-21(29-12-3-4-13-29)20(14-17)26-22(30)15-32-24-28-27-23(31-24)19-9-5-7-16-6-1-2-8-18(16)19/h1-2,5-11,14H,3-4,12-13,15H2,(H,26,30). The van der Waals surface area contributed by atoms with Crippen molar-refractivity contribution in [3.05, 3.63) is 65.7 Å². The Hall–Kier alpha value is -3.03. The minimum absolute atomic E-state index is 0.150. The average Bonchev–Trinajstić information content (AvgIpc) is 3.50. The molecule has 1 saturated heterocycles. The van der Waals surface area contributed by atoms with Gasteiger partial charge in [-0.1, -0.05) is 59.8 Å². The van der Waals surface area contributed by atoms with Gasteiger partial charge < -0.3 is 14.6 Å². The van der Waals surface area contributed by atoms with Gasteiger partial charge in [-0.25, -0.2) is 0 Å². The normalized spacial score (nSPS) is 13.6. The van der Waals surface area contributed by atoms with Gasteiger partial charge in [0.1, 0.15) is 0 Å². The van der Waals surface area contributed by atoms with E-state index in [1.54, 1.807) is 6.07 Å². The van der Waals surface area contributed by atoms with Crippen molar-refractivity contribution in [1.82, 2.24) is 10.2 Å². The first-order chi connectivity index (χ1) is 15.7. The van der Waals surface area contributed by atoms with Crippen molar-refractivity contribution >= 4 is 51.4 Å². The van der Waals surface area contributed by atoms with Crippen LogP contribution in [0.3, 0.4) is 0 Å². The quantitative estimate of drug-likeness (QED) is 0.359. The molecule has 4 aromatic rings. The van der Waals surface area contributed by atoms with Gasteiger partial charge in [0.05, 0.1) is 17.1 Å². The summed E-state index contributed by atoms with van der Waals surface area (Å²) in [6, 6.07) is 19.6. The van der Waals surface area contributed by atoms with E-state index in [0.29, 0.717) is 16.1 Å². The fraction of sp³-hybridized carbons (Fsp3) is 0.208. The predicted octanol–water partition coefficient (Wildman–Crippen LogP) is 5.87. The molecular formula is C24H21ClN4O2S. The molecule has 0 atom stereocenters. The van der Waals surface area contributed by atoms with Crippen molar-refractivity contribution in [1.29, 1.82) is 0 Å². The van der Waals surface area contributed by atoms with E-state index in [1.165, 1.54) is 11.8 Å². The van der Waals surface area contributed by atoms with Crippen molar-refractivity contribution in [2.75, 3.05) is 29.1 Å². The first kappa shape index (κ1) is 20.8. The first-order valence-corrected chi connectivity index (χ1v) is 11.8. The molecule has 6 nitrogen and oxygen atoms in total. The molecule has 2 heterocycles. The van der Waals surface area contributed by atoms with Crippen molar-refractivity contribution in [2.45, 2.75) is 18.1 Å². The molecule has 3 aromatic carbocycles. The van der Waals surface area contributed by atoms with Crippen LogP contribution in [0.15, 0.2) is 70.3 Å². The number of carbonyl (C=O) groups excluding carboxylic acids is 1. The lowest BCUT2D eigenvalue weighted by Gasteiger charge is -2.21. The lowest BCUT2D eigenvalue weighted by atomic mass is 10.0. The second-order valence-electron chi connectivity index (χ2n) is 7.59. The number of benzene rings is 3. The summed E-state index contributed by atoms with van der Waals surface area (Å²) in [6.45, 7) is 1.97. The largest absolute Gasteiger partial charge is 0.411 e. The van der Waals surface area contributed by atoms with Crippen LogP contribution in [0, 0.1) is 0 Å². The zero-order valence-corrected chi connectivity index (χ0v) is 18.8. The predicted molar refractivity (Wildman–Crippen MR) is 129 cm³/mol. The Labute approximate surface area is 195 Å². The molecule has 1 amide bonds. The molecule has 1 aliphatic heterocycles. The van der Waals surface area contributed by atoms with E-state index < -0.39 is 0 Å². The number of anilines is 2. The number of aromatic nitrogens is 2. The van der Waals surface area contributed by atoms with Gasteiger partial charge in [0.15, 0.2) is 0 Å². The number of hydrogen-bond donors (Lipinski definition) is 1. The number of thioether (sulfide) groups is 1. The van der Waals surface area contributed by atoms with Crippen LogP contribution in [0.25, 0.3) is 22.2 Å². The van der Waals surface area contributed by atoms with Crippen LogP contribution in [-0.4, -0.2) is 34.9 Å². The van der Waals surface area contributed by atoms with Crippen molar-refractivity contribution in [3.8, 4) is 11.5 Å². The lowest BCUT2D eigenvalue weighted by Crippen LogP contribution is -2.21. The maximum atomic E-state index is 12.6. The van der Waals surface area contributed by atoms with Crippen LogP contribution in [0.4, 0.5) is 11.4 Å². The highest BCUT2D eigenvalue weighted by Gasteiger charge is 2.18. The molecule has 0 saturated carbocycles. The van der Waals surface area contributed by atoms with E-state index in [2.05, 4.69) is 20.4 Å². The fourth-order valence-electron chi connectivity index (χ4n) is 3.94. The summed E-state index contributed by atoms with van der Waals surface area (Å²) in [7, 11) is 0. The van der Waals surface area contributed by atoms with E-state index in [0.717, 1.165) is 53.6 Å². The van der Waals surface area contributed by atoms with E-state index in [4.69, 9.17) is 16.0 Å². The zero-order chi connectivity index (χ0) is 21.9. The SMILES string of the molecule is O=C(CSc1nnc(-c2cccc3ccccc23)o1)Nc1cc(Cl)ccc1N1CCCC1. The monoisotopic (exact) mass is 464 g/mol. The van der Waals surface area contributed by atoms with Gasteiger partial charge in [0.25, 0.3) is 5.22 Å². The van der Waals surface area contributed by atoms with Crippen molar-refractivity contribution in [2.24, 2.45) is 0 Å². The Morgan fingerprint density at radius 2 is 1.88 bits per heavy atom. The summed E-state index contributed by atoms with van der Waals surface area (Å²) in [5.74, 6) is 0.446. The summed E-state index contributed by atoms with van der Waals surface area (Å²) < 4.78 is 5.83. The van der Waals surface area contributed by atoms with Crippen LogP contribution < -0.4 is 10.2 Å². The smallest absolute Gasteiger partial charge is 0.277 e.